The molecular formula is C53H90O6. The highest BCUT2D eigenvalue weighted by molar-refractivity contribution is 5.71. The van der Waals surface area contributed by atoms with Crippen molar-refractivity contribution in [2.45, 2.75) is 232 Å². The monoisotopic (exact) mass is 823 g/mol. The third kappa shape index (κ3) is 45.8. The molecule has 59 heavy (non-hydrogen) atoms. The fourth-order valence-electron chi connectivity index (χ4n) is 6.50. The Hall–Kier alpha value is -3.15. The number of hydrogen-bond donors (Lipinski definition) is 0. The van der Waals surface area contributed by atoms with Gasteiger partial charge in [-0.1, -0.05) is 184 Å². The van der Waals surface area contributed by atoms with Gasteiger partial charge in [-0.3, -0.25) is 14.4 Å². The van der Waals surface area contributed by atoms with Crippen molar-refractivity contribution in [2.24, 2.45) is 0 Å². The lowest BCUT2D eigenvalue weighted by Gasteiger charge is -2.18. The van der Waals surface area contributed by atoms with E-state index < -0.39 is 6.10 Å². The largest absolute Gasteiger partial charge is 0.462 e. The summed E-state index contributed by atoms with van der Waals surface area (Å²) in [7, 11) is 0. The zero-order valence-electron chi connectivity index (χ0n) is 38.5. The Bertz CT molecular complexity index is 1130. The number of esters is 3. The number of hydrogen-bond acceptors (Lipinski definition) is 6. The first kappa shape index (κ1) is 55.9. The molecule has 0 spiro atoms. The first-order valence-corrected chi connectivity index (χ1v) is 24.4. The highest BCUT2D eigenvalue weighted by atomic mass is 16.6. The van der Waals surface area contributed by atoms with Crippen LogP contribution < -0.4 is 0 Å². The fourth-order valence-corrected chi connectivity index (χ4v) is 6.50. The average Bonchev–Trinajstić information content (AvgIpc) is 3.23. The molecule has 6 heteroatoms. The molecule has 1 unspecified atom stereocenters. The maximum Gasteiger partial charge on any atom is 0.306 e. The maximum absolute atomic E-state index is 12.7. The van der Waals surface area contributed by atoms with E-state index in [1.165, 1.54) is 83.5 Å². The summed E-state index contributed by atoms with van der Waals surface area (Å²) in [6.45, 7) is 6.42. The lowest BCUT2D eigenvalue weighted by Crippen LogP contribution is -2.30. The Labute approximate surface area is 363 Å². The van der Waals surface area contributed by atoms with Crippen LogP contribution in [0.3, 0.4) is 0 Å². The molecule has 0 N–H and O–H groups in total. The van der Waals surface area contributed by atoms with Gasteiger partial charge in [-0.25, -0.2) is 0 Å². The van der Waals surface area contributed by atoms with Gasteiger partial charge < -0.3 is 14.2 Å². The second-order valence-electron chi connectivity index (χ2n) is 16.0. The van der Waals surface area contributed by atoms with Gasteiger partial charge in [0.25, 0.3) is 0 Å². The van der Waals surface area contributed by atoms with Crippen molar-refractivity contribution in [1.82, 2.24) is 0 Å². The number of allylic oxidation sites excluding steroid dienone is 12. The van der Waals surface area contributed by atoms with Gasteiger partial charge in [0.15, 0.2) is 6.10 Å². The third-order valence-electron chi connectivity index (χ3n) is 10.2. The zero-order valence-corrected chi connectivity index (χ0v) is 38.5. The molecule has 0 bridgehead atoms. The van der Waals surface area contributed by atoms with Crippen LogP contribution in [0.1, 0.15) is 226 Å². The first-order chi connectivity index (χ1) is 29.0. The van der Waals surface area contributed by atoms with Crippen molar-refractivity contribution in [3.63, 3.8) is 0 Å². The summed E-state index contributed by atoms with van der Waals surface area (Å²) in [5.74, 6) is -1.02. The summed E-state index contributed by atoms with van der Waals surface area (Å²) in [4.78, 5) is 37.8. The van der Waals surface area contributed by atoms with Gasteiger partial charge in [-0.05, 0) is 96.3 Å². The van der Waals surface area contributed by atoms with Crippen molar-refractivity contribution in [2.75, 3.05) is 13.2 Å². The standard InChI is InChI=1S/C53H90O6/c1-4-7-10-13-16-19-22-25-28-31-34-37-40-43-46-52(55)58-49-50(48-57-51(54)45-42-39-36-33-30-27-24-21-18-15-12-9-6-3)59-53(56)47-44-41-38-35-32-29-26-23-20-17-14-11-8-5-2/h7,10,16,19,25,27-30,32,36,39,50H,4-6,8-9,11-15,17-18,20-24,26,31,33-35,37-38,40-49H2,1-3H3/b10-7-,19-16-,28-25-,30-27-,32-29-,39-36-. The average molecular weight is 823 g/mol. The van der Waals surface area contributed by atoms with Crippen LogP contribution >= 0.6 is 0 Å². The normalized spacial score (nSPS) is 12.7. The summed E-state index contributed by atoms with van der Waals surface area (Å²) in [6, 6.07) is 0. The predicted molar refractivity (Wildman–Crippen MR) is 251 cm³/mol. The van der Waals surface area contributed by atoms with Crippen molar-refractivity contribution in [3.05, 3.63) is 72.9 Å². The molecule has 6 nitrogen and oxygen atoms in total. The van der Waals surface area contributed by atoms with Gasteiger partial charge in [0.2, 0.25) is 0 Å². The Morgan fingerprint density at radius 1 is 0.356 bits per heavy atom. The SMILES string of the molecule is CC/C=C\C/C=C\C/C=C\CCCCCCC(=O)OCC(COC(=O)CC/C=C\C/C=C\CCCCCCCC)OC(=O)CCCCC/C=C\CCCCCCCCC. The molecule has 0 saturated heterocycles. The van der Waals surface area contributed by atoms with E-state index in [2.05, 4.69) is 87.6 Å². The van der Waals surface area contributed by atoms with Crippen LogP contribution in [-0.4, -0.2) is 37.2 Å². The molecule has 0 aliphatic rings. The summed E-state index contributed by atoms with van der Waals surface area (Å²) in [5, 5.41) is 0. The zero-order chi connectivity index (χ0) is 43.0. The first-order valence-electron chi connectivity index (χ1n) is 24.4. The van der Waals surface area contributed by atoms with Crippen LogP contribution in [-0.2, 0) is 28.6 Å². The lowest BCUT2D eigenvalue weighted by atomic mass is 10.1. The van der Waals surface area contributed by atoms with Crippen molar-refractivity contribution in [3.8, 4) is 0 Å². The number of unbranched alkanes of at least 4 members (excludes halogenated alkanes) is 20. The molecule has 0 aromatic carbocycles. The second-order valence-corrected chi connectivity index (χ2v) is 16.0. The minimum Gasteiger partial charge on any atom is -0.462 e. The molecule has 0 heterocycles. The van der Waals surface area contributed by atoms with Crippen molar-refractivity contribution >= 4 is 17.9 Å². The molecule has 0 fully saturated rings. The molecule has 0 rings (SSSR count). The Morgan fingerprint density at radius 3 is 1.17 bits per heavy atom. The highest BCUT2D eigenvalue weighted by Gasteiger charge is 2.19. The predicted octanol–water partition coefficient (Wildman–Crippen LogP) is 15.9. The Morgan fingerprint density at radius 2 is 0.695 bits per heavy atom. The second kappa shape index (κ2) is 47.5. The van der Waals surface area contributed by atoms with E-state index in [4.69, 9.17) is 14.2 Å². The van der Waals surface area contributed by atoms with Crippen molar-refractivity contribution < 1.29 is 28.6 Å². The molecule has 0 amide bonds. The smallest absolute Gasteiger partial charge is 0.306 e. The fraction of sp³-hybridized carbons (Fsp3) is 0.717. The van der Waals surface area contributed by atoms with Crippen LogP contribution in [0.25, 0.3) is 0 Å². The van der Waals surface area contributed by atoms with E-state index in [1.54, 1.807) is 0 Å². The summed E-state index contributed by atoms with van der Waals surface area (Å²) in [5.41, 5.74) is 0. The van der Waals surface area contributed by atoms with Gasteiger partial charge in [-0.15, -0.1) is 0 Å². The van der Waals surface area contributed by atoms with Gasteiger partial charge in [0.1, 0.15) is 13.2 Å². The number of ether oxygens (including phenoxy) is 3. The van der Waals surface area contributed by atoms with Gasteiger partial charge >= 0.3 is 17.9 Å². The molecule has 0 aromatic heterocycles. The molecule has 0 radical (unpaired) electrons. The maximum atomic E-state index is 12.7. The number of carbonyl (C=O) groups is 3. The topological polar surface area (TPSA) is 78.9 Å². The van der Waals surface area contributed by atoms with Gasteiger partial charge in [-0.2, -0.15) is 0 Å². The van der Waals surface area contributed by atoms with Gasteiger partial charge in [0, 0.05) is 19.3 Å². The number of rotatable bonds is 43. The van der Waals surface area contributed by atoms with E-state index in [9.17, 15) is 14.4 Å². The van der Waals surface area contributed by atoms with E-state index >= 15 is 0 Å². The van der Waals surface area contributed by atoms with Crippen LogP contribution in [0, 0.1) is 0 Å². The molecular weight excluding hydrogens is 733 g/mol. The minimum absolute atomic E-state index is 0.111. The number of carbonyl (C=O) groups excluding carboxylic acids is 3. The van der Waals surface area contributed by atoms with E-state index in [0.29, 0.717) is 19.3 Å². The quantitative estimate of drug-likeness (QED) is 0.0264. The summed E-state index contributed by atoms with van der Waals surface area (Å²) >= 11 is 0. The summed E-state index contributed by atoms with van der Waals surface area (Å²) < 4.78 is 16.7. The lowest BCUT2D eigenvalue weighted by molar-refractivity contribution is -0.166. The Kier molecular flexibility index (Phi) is 45.0. The molecule has 0 saturated carbocycles. The van der Waals surface area contributed by atoms with E-state index in [1.807, 2.05) is 6.08 Å². The van der Waals surface area contributed by atoms with Gasteiger partial charge in [0.05, 0.1) is 0 Å². The summed E-state index contributed by atoms with van der Waals surface area (Å²) in [6.07, 6.45) is 59.0. The molecule has 0 aromatic rings. The molecule has 1 atom stereocenters. The van der Waals surface area contributed by atoms with Crippen LogP contribution in [0.4, 0.5) is 0 Å². The molecule has 0 aliphatic heterocycles. The van der Waals surface area contributed by atoms with Crippen molar-refractivity contribution in [1.29, 1.82) is 0 Å². The van der Waals surface area contributed by atoms with E-state index in [0.717, 1.165) is 96.3 Å². The van der Waals surface area contributed by atoms with Crippen LogP contribution in [0.5, 0.6) is 0 Å². The third-order valence-corrected chi connectivity index (χ3v) is 10.2. The molecule has 0 aliphatic carbocycles. The van der Waals surface area contributed by atoms with Crippen LogP contribution in [0.15, 0.2) is 72.9 Å². The highest BCUT2D eigenvalue weighted by Crippen LogP contribution is 2.12. The molecule has 338 valence electrons. The van der Waals surface area contributed by atoms with E-state index in [-0.39, 0.29) is 37.5 Å². The minimum atomic E-state index is -0.813. The Balaban J connectivity index is 4.51. The van der Waals surface area contributed by atoms with Crippen LogP contribution in [0.2, 0.25) is 0 Å².